The van der Waals surface area contributed by atoms with Gasteiger partial charge in [-0.15, -0.1) is 0 Å². The molecule has 31 heavy (non-hydrogen) atoms. The molecule has 1 aliphatic carbocycles. The molecule has 3 N–H and O–H groups in total. The Morgan fingerprint density at radius 1 is 1.16 bits per heavy atom. The maximum Gasteiger partial charge on any atom is 0.253 e. The van der Waals surface area contributed by atoms with Gasteiger partial charge in [0.2, 0.25) is 15.9 Å². The Labute approximate surface area is 185 Å². The maximum atomic E-state index is 12.3. The van der Waals surface area contributed by atoms with Gasteiger partial charge in [0.25, 0.3) is 5.91 Å². The van der Waals surface area contributed by atoms with Crippen LogP contribution in [0.2, 0.25) is 5.02 Å². The number of ether oxygens (including phenoxy) is 1. The summed E-state index contributed by atoms with van der Waals surface area (Å²) >= 11 is 6.18. The third-order valence-electron chi connectivity index (χ3n) is 4.57. The molecule has 1 aliphatic rings. The van der Waals surface area contributed by atoms with Gasteiger partial charge in [-0.2, -0.15) is 0 Å². The molecule has 10 heteroatoms. The quantitative estimate of drug-likeness (QED) is 0.521. The number of halogens is 1. The Bertz CT molecular complexity index is 1140. The molecule has 0 saturated heterocycles. The number of hydrogen-bond acceptors (Lipinski definition) is 5. The standard InChI is InChI=1S/C21H22ClN3O5S/c1-23-31(28,29)19-11-13(3-9-18(19)30-2)4-10-20(26)24-15-7-8-16(17(22)12-15)21(27)25-14-5-6-14/h3-4,7-12,14,23H,5-6H2,1-2H3,(H,24,26)(H,25,27). The molecule has 0 heterocycles. The van der Waals surface area contributed by atoms with E-state index in [-0.39, 0.29) is 27.6 Å². The SMILES string of the molecule is CNS(=O)(=O)c1cc(C=CC(=O)Nc2ccc(C(=O)NC3CC3)c(Cl)c2)ccc1OC. The van der Waals surface area contributed by atoms with Crippen LogP contribution in [-0.2, 0) is 14.8 Å². The Morgan fingerprint density at radius 3 is 2.52 bits per heavy atom. The number of amides is 2. The van der Waals surface area contributed by atoms with Crippen LogP contribution >= 0.6 is 11.6 Å². The number of anilines is 1. The van der Waals surface area contributed by atoms with Crippen molar-refractivity contribution in [1.29, 1.82) is 0 Å². The highest BCUT2D eigenvalue weighted by Gasteiger charge is 2.24. The second-order valence-corrected chi connectivity index (χ2v) is 9.14. The lowest BCUT2D eigenvalue weighted by molar-refractivity contribution is -0.111. The molecular weight excluding hydrogens is 442 g/mol. The summed E-state index contributed by atoms with van der Waals surface area (Å²) in [7, 11) is -1.05. The third-order valence-corrected chi connectivity index (χ3v) is 6.32. The first kappa shape index (κ1) is 22.8. The topological polar surface area (TPSA) is 114 Å². The molecule has 0 radical (unpaired) electrons. The van der Waals surface area contributed by atoms with Gasteiger partial charge in [-0.05, 0) is 61.9 Å². The van der Waals surface area contributed by atoms with E-state index in [2.05, 4.69) is 15.4 Å². The molecular formula is C21H22ClN3O5S. The average Bonchev–Trinajstić information content (AvgIpc) is 3.56. The Morgan fingerprint density at radius 2 is 1.90 bits per heavy atom. The fraction of sp³-hybridized carbons (Fsp3) is 0.238. The largest absolute Gasteiger partial charge is 0.495 e. The zero-order valence-corrected chi connectivity index (χ0v) is 18.5. The van der Waals surface area contributed by atoms with Crippen molar-refractivity contribution >= 4 is 45.2 Å². The van der Waals surface area contributed by atoms with Crippen molar-refractivity contribution in [3.63, 3.8) is 0 Å². The van der Waals surface area contributed by atoms with E-state index in [4.69, 9.17) is 16.3 Å². The number of rotatable bonds is 8. The molecule has 0 bridgehead atoms. The minimum Gasteiger partial charge on any atom is -0.495 e. The number of methoxy groups -OCH3 is 1. The zero-order chi connectivity index (χ0) is 22.6. The number of hydrogen-bond donors (Lipinski definition) is 3. The van der Waals surface area contributed by atoms with Crippen molar-refractivity contribution in [2.24, 2.45) is 0 Å². The molecule has 1 saturated carbocycles. The smallest absolute Gasteiger partial charge is 0.253 e. The second kappa shape index (κ2) is 9.51. The van der Waals surface area contributed by atoms with Gasteiger partial charge < -0.3 is 15.4 Å². The number of carbonyl (C=O) groups excluding carboxylic acids is 2. The zero-order valence-electron chi connectivity index (χ0n) is 16.9. The number of sulfonamides is 1. The van der Waals surface area contributed by atoms with E-state index in [1.807, 2.05) is 0 Å². The molecule has 0 aromatic heterocycles. The summed E-state index contributed by atoms with van der Waals surface area (Å²) in [6.45, 7) is 0. The highest BCUT2D eigenvalue weighted by atomic mass is 35.5. The lowest BCUT2D eigenvalue weighted by atomic mass is 10.2. The normalized spacial score (nSPS) is 13.8. The minimum absolute atomic E-state index is 0.0353. The molecule has 2 aromatic carbocycles. The number of benzene rings is 2. The monoisotopic (exact) mass is 463 g/mol. The van der Waals surface area contributed by atoms with Crippen LogP contribution in [0.25, 0.3) is 6.08 Å². The van der Waals surface area contributed by atoms with Crippen molar-refractivity contribution in [2.45, 2.75) is 23.8 Å². The van der Waals surface area contributed by atoms with Gasteiger partial charge >= 0.3 is 0 Å². The fourth-order valence-corrected chi connectivity index (χ4v) is 3.93. The van der Waals surface area contributed by atoms with Crippen molar-refractivity contribution in [1.82, 2.24) is 10.0 Å². The van der Waals surface area contributed by atoms with Gasteiger partial charge in [-0.3, -0.25) is 9.59 Å². The molecule has 8 nitrogen and oxygen atoms in total. The Kier molecular flexibility index (Phi) is 6.99. The number of nitrogens with one attached hydrogen (secondary N) is 3. The molecule has 2 amide bonds. The summed E-state index contributed by atoms with van der Waals surface area (Å²) < 4.78 is 31.6. The van der Waals surface area contributed by atoms with Gasteiger partial charge in [-0.1, -0.05) is 17.7 Å². The van der Waals surface area contributed by atoms with Crippen molar-refractivity contribution < 1.29 is 22.7 Å². The van der Waals surface area contributed by atoms with Crippen LogP contribution in [-0.4, -0.2) is 40.4 Å². The first-order chi connectivity index (χ1) is 14.7. The van der Waals surface area contributed by atoms with Crippen molar-refractivity contribution in [3.05, 3.63) is 58.6 Å². The van der Waals surface area contributed by atoms with Gasteiger partial charge in [0.15, 0.2) is 0 Å². The van der Waals surface area contributed by atoms with Crippen LogP contribution in [0.3, 0.4) is 0 Å². The maximum absolute atomic E-state index is 12.3. The first-order valence-electron chi connectivity index (χ1n) is 9.44. The third kappa shape index (κ3) is 5.84. The van der Waals surface area contributed by atoms with E-state index in [0.717, 1.165) is 12.8 Å². The number of carbonyl (C=O) groups is 2. The summed E-state index contributed by atoms with van der Waals surface area (Å²) in [5.74, 6) is -0.492. The Balaban J connectivity index is 1.70. The summed E-state index contributed by atoms with van der Waals surface area (Å²) in [5, 5.41) is 5.75. The summed E-state index contributed by atoms with van der Waals surface area (Å²) in [6.07, 6.45) is 4.68. The van der Waals surface area contributed by atoms with Crippen LogP contribution in [0.5, 0.6) is 5.75 Å². The van der Waals surface area contributed by atoms with E-state index in [0.29, 0.717) is 16.8 Å². The first-order valence-corrected chi connectivity index (χ1v) is 11.3. The average molecular weight is 464 g/mol. The van der Waals surface area contributed by atoms with Crippen molar-refractivity contribution in [2.75, 3.05) is 19.5 Å². The lowest BCUT2D eigenvalue weighted by Crippen LogP contribution is -2.25. The summed E-state index contributed by atoms with van der Waals surface area (Å²) in [4.78, 5) is 24.3. The van der Waals surface area contributed by atoms with Gasteiger partial charge in [0.1, 0.15) is 10.6 Å². The fourth-order valence-electron chi connectivity index (χ4n) is 2.74. The molecule has 164 valence electrons. The van der Waals surface area contributed by atoms with Crippen LogP contribution in [0.4, 0.5) is 5.69 Å². The van der Waals surface area contributed by atoms with Crippen molar-refractivity contribution in [3.8, 4) is 5.75 Å². The minimum atomic E-state index is -3.73. The summed E-state index contributed by atoms with van der Waals surface area (Å²) in [5.41, 5.74) is 1.27. The molecule has 0 atom stereocenters. The molecule has 0 unspecified atom stereocenters. The predicted octanol–water partition coefficient (Wildman–Crippen LogP) is 2.80. The van der Waals surface area contributed by atoms with Gasteiger partial charge in [-0.25, -0.2) is 13.1 Å². The van der Waals surface area contributed by atoms with E-state index in [9.17, 15) is 18.0 Å². The van der Waals surface area contributed by atoms with E-state index in [1.54, 1.807) is 18.2 Å². The molecule has 1 fully saturated rings. The van der Waals surface area contributed by atoms with E-state index >= 15 is 0 Å². The Hall–Kier alpha value is -2.88. The van der Waals surface area contributed by atoms with Gasteiger partial charge in [0, 0.05) is 17.8 Å². The lowest BCUT2D eigenvalue weighted by Gasteiger charge is -2.09. The molecule has 0 aliphatic heterocycles. The van der Waals surface area contributed by atoms with Crippen LogP contribution < -0.4 is 20.1 Å². The molecule has 3 rings (SSSR count). The highest BCUT2D eigenvalue weighted by Crippen LogP contribution is 2.26. The molecule has 0 spiro atoms. The molecule has 2 aromatic rings. The summed E-state index contributed by atoms with van der Waals surface area (Å²) in [6, 6.07) is 9.39. The van der Waals surface area contributed by atoms with E-state index in [1.165, 1.54) is 44.5 Å². The van der Waals surface area contributed by atoms with Crippen LogP contribution in [0.1, 0.15) is 28.8 Å². The van der Waals surface area contributed by atoms with Crippen LogP contribution in [0, 0.1) is 0 Å². The van der Waals surface area contributed by atoms with E-state index < -0.39 is 15.9 Å². The highest BCUT2D eigenvalue weighted by molar-refractivity contribution is 7.89. The van der Waals surface area contributed by atoms with Gasteiger partial charge in [0.05, 0.1) is 17.7 Å². The van der Waals surface area contributed by atoms with Crippen LogP contribution in [0.15, 0.2) is 47.4 Å². The second-order valence-electron chi connectivity index (χ2n) is 6.88. The predicted molar refractivity (Wildman–Crippen MR) is 119 cm³/mol.